The van der Waals surface area contributed by atoms with Gasteiger partial charge in [0, 0.05) is 11.5 Å². The van der Waals surface area contributed by atoms with E-state index in [4.69, 9.17) is 9.47 Å². The number of phenols is 2. The number of hydrogen-bond acceptors (Lipinski definition) is 5. The number of methoxy groups -OCH3 is 2. The highest BCUT2D eigenvalue weighted by Gasteiger charge is 2.21. The molecule has 1 unspecified atom stereocenters. The summed E-state index contributed by atoms with van der Waals surface area (Å²) in [6.45, 7) is 2.12. The molecule has 1 atom stereocenters. The molecule has 0 bridgehead atoms. The van der Waals surface area contributed by atoms with Gasteiger partial charge in [0.1, 0.15) is 23.0 Å². The molecule has 0 aliphatic heterocycles. The molecule has 0 saturated heterocycles. The fourth-order valence-corrected chi connectivity index (χ4v) is 3.65. The Balaban J connectivity index is 2.49. The summed E-state index contributed by atoms with van der Waals surface area (Å²) < 4.78 is 23.1. The van der Waals surface area contributed by atoms with Crippen LogP contribution in [0.25, 0.3) is 10.8 Å². The smallest absolute Gasteiger partial charge is 0.144 e. The van der Waals surface area contributed by atoms with Crippen molar-refractivity contribution in [3.63, 3.8) is 0 Å². The molecule has 2 N–H and O–H groups in total. The molecule has 2 aromatic rings. The van der Waals surface area contributed by atoms with E-state index in [0.717, 1.165) is 25.7 Å². The quantitative estimate of drug-likeness (QED) is 0.534. The summed E-state index contributed by atoms with van der Waals surface area (Å²) in [6.07, 6.45) is 5.95. The van der Waals surface area contributed by atoms with E-state index in [1.807, 2.05) is 6.08 Å². The average molecular weight is 364 g/mol. The molecule has 6 heteroatoms. The number of fused-ring (bicyclic) bond motifs is 1. The van der Waals surface area contributed by atoms with Gasteiger partial charge in [0.05, 0.1) is 40.7 Å². The van der Waals surface area contributed by atoms with Crippen molar-refractivity contribution < 1.29 is 23.9 Å². The lowest BCUT2D eigenvalue weighted by Gasteiger charge is -2.14. The van der Waals surface area contributed by atoms with Gasteiger partial charge in [-0.05, 0) is 25.0 Å². The highest BCUT2D eigenvalue weighted by molar-refractivity contribution is 7.88. The van der Waals surface area contributed by atoms with E-state index in [1.54, 1.807) is 17.5 Å². The number of allylic oxidation sites excluding steroid dienone is 1. The van der Waals surface area contributed by atoms with Gasteiger partial charge in [0.15, 0.2) is 0 Å². The number of aromatic hydroxyl groups is 2. The molecule has 0 aromatic heterocycles. The molecule has 0 saturated carbocycles. The summed E-state index contributed by atoms with van der Waals surface area (Å²) in [4.78, 5) is 0.142. The van der Waals surface area contributed by atoms with Gasteiger partial charge < -0.3 is 19.7 Å². The van der Waals surface area contributed by atoms with Gasteiger partial charge in [0.25, 0.3) is 0 Å². The first-order valence-corrected chi connectivity index (χ1v) is 9.43. The van der Waals surface area contributed by atoms with Crippen LogP contribution in [0.4, 0.5) is 0 Å². The molecule has 0 spiro atoms. The Labute approximate surface area is 150 Å². The van der Waals surface area contributed by atoms with Crippen molar-refractivity contribution in [3.8, 4) is 23.0 Å². The SMILES string of the molecule is CCCCCC=CS(=O)c1cc(O)c2c(OC)ccc(OC)c2c1O. The van der Waals surface area contributed by atoms with Crippen LogP contribution in [0, 0.1) is 0 Å². The lowest BCUT2D eigenvalue weighted by Crippen LogP contribution is -1.94. The standard InChI is InChI=1S/C19H24O5S/c1-4-5-6-7-8-11-25(22)16-12-13(20)17-14(23-2)9-10-15(24-3)18(17)19(16)21/h8-12,20-21H,4-7H2,1-3H3. The summed E-state index contributed by atoms with van der Waals surface area (Å²) in [5, 5.41) is 23.2. The van der Waals surface area contributed by atoms with Gasteiger partial charge in [-0.1, -0.05) is 25.8 Å². The molecule has 136 valence electrons. The minimum Gasteiger partial charge on any atom is -0.507 e. The molecule has 0 aliphatic rings. The molecule has 2 rings (SSSR count). The van der Waals surface area contributed by atoms with Crippen molar-refractivity contribution in [2.75, 3.05) is 14.2 Å². The fourth-order valence-electron chi connectivity index (χ4n) is 2.68. The van der Waals surface area contributed by atoms with Crippen LogP contribution in [0.1, 0.15) is 32.6 Å². The Morgan fingerprint density at radius 2 is 1.72 bits per heavy atom. The molecule has 0 amide bonds. The predicted octanol–water partition coefficient (Wildman–Crippen LogP) is 4.47. The predicted molar refractivity (Wildman–Crippen MR) is 100 cm³/mol. The first-order chi connectivity index (χ1) is 12.0. The molecule has 5 nitrogen and oxygen atoms in total. The van der Waals surface area contributed by atoms with Crippen LogP contribution in [-0.2, 0) is 10.8 Å². The van der Waals surface area contributed by atoms with Crippen molar-refractivity contribution in [3.05, 3.63) is 29.7 Å². The molecular weight excluding hydrogens is 340 g/mol. The number of rotatable bonds is 8. The minimum absolute atomic E-state index is 0.119. The molecule has 2 aromatic carbocycles. The molecule has 0 aliphatic carbocycles. The second-order valence-electron chi connectivity index (χ2n) is 5.63. The van der Waals surface area contributed by atoms with Gasteiger partial charge in [0.2, 0.25) is 0 Å². The number of hydrogen-bond donors (Lipinski definition) is 2. The maximum Gasteiger partial charge on any atom is 0.144 e. The van der Waals surface area contributed by atoms with Gasteiger partial charge in [-0.3, -0.25) is 0 Å². The average Bonchev–Trinajstić information content (AvgIpc) is 2.62. The Kier molecular flexibility index (Phi) is 6.70. The summed E-state index contributed by atoms with van der Waals surface area (Å²) in [5.74, 6) is 0.469. The zero-order valence-electron chi connectivity index (χ0n) is 14.7. The molecular formula is C19H24O5S. The van der Waals surface area contributed by atoms with Gasteiger partial charge in [-0.25, -0.2) is 4.21 Å². The maximum absolute atomic E-state index is 12.5. The number of ether oxygens (including phenoxy) is 2. The second-order valence-corrected chi connectivity index (χ2v) is 6.93. The number of phenolic OH excluding ortho intramolecular Hbond substituents is 2. The Morgan fingerprint density at radius 1 is 1.08 bits per heavy atom. The summed E-state index contributed by atoms with van der Waals surface area (Å²) >= 11 is 0. The molecule has 25 heavy (non-hydrogen) atoms. The van der Waals surface area contributed by atoms with Crippen molar-refractivity contribution in [1.29, 1.82) is 0 Å². The van der Waals surface area contributed by atoms with E-state index < -0.39 is 10.8 Å². The number of benzene rings is 2. The molecule has 0 heterocycles. The Hall–Kier alpha value is -2.21. The largest absolute Gasteiger partial charge is 0.507 e. The zero-order chi connectivity index (χ0) is 18.4. The normalized spacial score (nSPS) is 12.6. The summed E-state index contributed by atoms with van der Waals surface area (Å²) in [5.41, 5.74) is 0. The van der Waals surface area contributed by atoms with Crippen molar-refractivity contribution in [1.82, 2.24) is 0 Å². The van der Waals surface area contributed by atoms with Crippen molar-refractivity contribution >= 4 is 21.6 Å². The monoisotopic (exact) mass is 364 g/mol. The van der Waals surface area contributed by atoms with Crippen LogP contribution in [0.15, 0.2) is 34.6 Å². The van der Waals surface area contributed by atoms with E-state index in [9.17, 15) is 14.4 Å². The molecule has 0 radical (unpaired) electrons. The maximum atomic E-state index is 12.5. The first kappa shape index (κ1) is 19.1. The highest BCUT2D eigenvalue weighted by Crippen LogP contribution is 2.46. The van der Waals surface area contributed by atoms with Gasteiger partial charge in [-0.2, -0.15) is 0 Å². The topological polar surface area (TPSA) is 76.0 Å². The fraction of sp³-hybridized carbons (Fsp3) is 0.368. The van der Waals surface area contributed by atoms with Crippen LogP contribution in [0.3, 0.4) is 0 Å². The van der Waals surface area contributed by atoms with Crippen LogP contribution in [0.2, 0.25) is 0 Å². The van der Waals surface area contributed by atoms with Gasteiger partial charge >= 0.3 is 0 Å². The second kappa shape index (κ2) is 8.76. The number of unbranched alkanes of at least 4 members (excludes halogenated alkanes) is 3. The third-order valence-corrected chi connectivity index (χ3v) is 5.16. The summed E-state index contributed by atoms with van der Waals surface area (Å²) in [6, 6.07) is 4.59. The van der Waals surface area contributed by atoms with E-state index in [0.29, 0.717) is 16.9 Å². The third kappa shape index (κ3) is 4.07. The Bertz CT molecular complexity index is 798. The van der Waals surface area contributed by atoms with Crippen molar-refractivity contribution in [2.45, 2.75) is 37.5 Å². The van der Waals surface area contributed by atoms with E-state index in [2.05, 4.69) is 6.92 Å². The van der Waals surface area contributed by atoms with Gasteiger partial charge in [-0.15, -0.1) is 0 Å². The Morgan fingerprint density at radius 3 is 2.32 bits per heavy atom. The lowest BCUT2D eigenvalue weighted by atomic mass is 10.1. The molecule has 0 fully saturated rings. The lowest BCUT2D eigenvalue weighted by molar-refractivity contribution is 0.403. The zero-order valence-corrected chi connectivity index (χ0v) is 15.6. The third-order valence-electron chi connectivity index (χ3n) is 3.97. The van der Waals surface area contributed by atoms with Crippen LogP contribution in [0.5, 0.6) is 23.0 Å². The summed E-state index contributed by atoms with van der Waals surface area (Å²) in [7, 11) is 1.37. The first-order valence-electron chi connectivity index (χ1n) is 8.22. The van der Waals surface area contributed by atoms with Crippen LogP contribution >= 0.6 is 0 Å². The van der Waals surface area contributed by atoms with E-state index in [-0.39, 0.29) is 21.8 Å². The van der Waals surface area contributed by atoms with E-state index in [1.165, 1.54) is 20.3 Å². The minimum atomic E-state index is -1.57. The van der Waals surface area contributed by atoms with Crippen LogP contribution < -0.4 is 9.47 Å². The van der Waals surface area contributed by atoms with Crippen molar-refractivity contribution in [2.24, 2.45) is 0 Å². The highest BCUT2D eigenvalue weighted by atomic mass is 32.2. The van der Waals surface area contributed by atoms with Crippen LogP contribution in [-0.4, -0.2) is 28.6 Å². The van der Waals surface area contributed by atoms with E-state index >= 15 is 0 Å².